The highest BCUT2D eigenvalue weighted by Gasteiger charge is 2.41. The molecule has 3 aliphatic carbocycles. The zero-order valence-electron chi connectivity index (χ0n) is 20.6. The smallest absolute Gasteiger partial charge is 0.0166 e. The van der Waals surface area contributed by atoms with E-state index in [9.17, 15) is 0 Å². The van der Waals surface area contributed by atoms with Crippen molar-refractivity contribution in [3.63, 3.8) is 0 Å². The van der Waals surface area contributed by atoms with Gasteiger partial charge in [0.1, 0.15) is 0 Å². The lowest BCUT2D eigenvalue weighted by Gasteiger charge is -2.35. The van der Waals surface area contributed by atoms with Gasteiger partial charge >= 0.3 is 0 Å². The van der Waals surface area contributed by atoms with E-state index in [0.717, 1.165) is 25.7 Å². The SMILES string of the molecule is C=C(CCC)C1=C(C)C=C2C/C(=C/c3ccc(C(C)(C)C)cc3)C(=C)C2C1C1=CC=CC1. The van der Waals surface area contributed by atoms with Crippen molar-refractivity contribution in [3.05, 3.63) is 112 Å². The molecule has 2 unspecified atom stereocenters. The zero-order valence-corrected chi connectivity index (χ0v) is 20.6. The van der Waals surface area contributed by atoms with Crippen LogP contribution in [0.1, 0.15) is 71.4 Å². The third-order valence-corrected chi connectivity index (χ3v) is 7.30. The van der Waals surface area contributed by atoms with Crippen LogP contribution < -0.4 is 0 Å². The van der Waals surface area contributed by atoms with Crippen LogP contribution in [0.5, 0.6) is 0 Å². The number of rotatable bonds is 5. The highest BCUT2D eigenvalue weighted by Crippen LogP contribution is 2.54. The van der Waals surface area contributed by atoms with Crippen LogP contribution >= 0.6 is 0 Å². The van der Waals surface area contributed by atoms with Gasteiger partial charge in [-0.15, -0.1) is 0 Å². The molecule has 1 aromatic carbocycles. The van der Waals surface area contributed by atoms with E-state index < -0.39 is 0 Å². The molecule has 1 fully saturated rings. The molecular formula is C32H38. The predicted octanol–water partition coefficient (Wildman–Crippen LogP) is 9.06. The van der Waals surface area contributed by atoms with E-state index in [2.05, 4.69) is 102 Å². The number of fused-ring (bicyclic) bond motifs is 1. The molecule has 0 heteroatoms. The summed E-state index contributed by atoms with van der Waals surface area (Å²) in [5, 5.41) is 0. The van der Waals surface area contributed by atoms with E-state index in [1.807, 2.05) is 0 Å². The Kier molecular flexibility index (Phi) is 6.17. The molecular weight excluding hydrogens is 384 g/mol. The first-order valence-electron chi connectivity index (χ1n) is 12.2. The van der Waals surface area contributed by atoms with E-state index in [-0.39, 0.29) is 5.41 Å². The molecule has 0 aromatic heterocycles. The summed E-state index contributed by atoms with van der Waals surface area (Å²) in [6, 6.07) is 9.06. The van der Waals surface area contributed by atoms with E-state index in [0.29, 0.717) is 11.8 Å². The Morgan fingerprint density at radius 1 is 1.09 bits per heavy atom. The molecule has 2 atom stereocenters. The monoisotopic (exact) mass is 422 g/mol. The first kappa shape index (κ1) is 22.6. The Balaban J connectivity index is 1.69. The van der Waals surface area contributed by atoms with Crippen molar-refractivity contribution in [2.45, 2.75) is 65.7 Å². The maximum atomic E-state index is 4.65. The van der Waals surface area contributed by atoms with E-state index in [4.69, 9.17) is 0 Å². The van der Waals surface area contributed by atoms with Crippen molar-refractivity contribution in [1.82, 2.24) is 0 Å². The Morgan fingerprint density at radius 3 is 2.41 bits per heavy atom. The van der Waals surface area contributed by atoms with Crippen LogP contribution in [-0.2, 0) is 5.41 Å². The summed E-state index contributed by atoms with van der Waals surface area (Å²) in [6.07, 6.45) is 15.9. The molecule has 0 spiro atoms. The summed E-state index contributed by atoms with van der Waals surface area (Å²) in [7, 11) is 0. The molecule has 4 rings (SSSR count). The van der Waals surface area contributed by atoms with Gasteiger partial charge < -0.3 is 0 Å². The molecule has 1 aromatic rings. The summed E-state index contributed by atoms with van der Waals surface area (Å²) in [4.78, 5) is 0. The second kappa shape index (κ2) is 8.74. The van der Waals surface area contributed by atoms with Crippen molar-refractivity contribution in [1.29, 1.82) is 0 Å². The number of hydrogen-bond donors (Lipinski definition) is 0. The molecule has 32 heavy (non-hydrogen) atoms. The molecule has 0 N–H and O–H groups in total. The Bertz CT molecular complexity index is 1080. The van der Waals surface area contributed by atoms with Crippen LogP contribution in [0.25, 0.3) is 6.08 Å². The first-order chi connectivity index (χ1) is 15.2. The fourth-order valence-electron chi connectivity index (χ4n) is 5.64. The van der Waals surface area contributed by atoms with Gasteiger partial charge in [0.2, 0.25) is 0 Å². The molecule has 1 saturated carbocycles. The molecule has 0 heterocycles. The largest absolute Gasteiger partial charge is 0.0955 e. The maximum Gasteiger partial charge on any atom is 0.0166 e. The van der Waals surface area contributed by atoms with Crippen LogP contribution in [0.3, 0.4) is 0 Å². The number of hydrogen-bond acceptors (Lipinski definition) is 0. The minimum atomic E-state index is 0.180. The number of benzene rings is 1. The van der Waals surface area contributed by atoms with Gasteiger partial charge in [-0.05, 0) is 65.0 Å². The van der Waals surface area contributed by atoms with Crippen molar-refractivity contribution < 1.29 is 0 Å². The van der Waals surface area contributed by atoms with Gasteiger partial charge in [0, 0.05) is 11.8 Å². The van der Waals surface area contributed by atoms with Crippen molar-refractivity contribution >= 4 is 6.08 Å². The van der Waals surface area contributed by atoms with Crippen LogP contribution in [0.15, 0.2) is 101 Å². The van der Waals surface area contributed by atoms with Gasteiger partial charge in [0.05, 0.1) is 0 Å². The zero-order chi connectivity index (χ0) is 23.0. The quantitative estimate of drug-likeness (QED) is 0.444. The van der Waals surface area contributed by atoms with Crippen LogP contribution in [0.2, 0.25) is 0 Å². The maximum absolute atomic E-state index is 4.65. The second-order valence-corrected chi connectivity index (χ2v) is 10.7. The van der Waals surface area contributed by atoms with Crippen molar-refractivity contribution in [2.75, 3.05) is 0 Å². The van der Waals surface area contributed by atoms with Gasteiger partial charge in [-0.1, -0.05) is 119 Å². The Labute approximate surface area is 195 Å². The van der Waals surface area contributed by atoms with Gasteiger partial charge in [0.25, 0.3) is 0 Å². The fourth-order valence-corrected chi connectivity index (χ4v) is 5.64. The second-order valence-electron chi connectivity index (χ2n) is 10.7. The molecule has 0 bridgehead atoms. The van der Waals surface area contributed by atoms with Gasteiger partial charge in [-0.25, -0.2) is 0 Å². The van der Waals surface area contributed by atoms with Crippen LogP contribution in [-0.4, -0.2) is 0 Å². The van der Waals surface area contributed by atoms with E-state index in [1.54, 1.807) is 0 Å². The molecule has 0 saturated heterocycles. The molecule has 3 aliphatic rings. The average molecular weight is 423 g/mol. The summed E-state index contributed by atoms with van der Waals surface area (Å²) < 4.78 is 0. The molecule has 0 amide bonds. The predicted molar refractivity (Wildman–Crippen MR) is 141 cm³/mol. The number of allylic oxidation sites excluding steroid dienone is 11. The van der Waals surface area contributed by atoms with Crippen molar-refractivity contribution in [3.8, 4) is 0 Å². The van der Waals surface area contributed by atoms with Crippen molar-refractivity contribution in [2.24, 2.45) is 11.8 Å². The molecule has 166 valence electrons. The van der Waals surface area contributed by atoms with Crippen LogP contribution in [0.4, 0.5) is 0 Å². The molecule has 0 radical (unpaired) electrons. The highest BCUT2D eigenvalue weighted by molar-refractivity contribution is 5.67. The minimum Gasteiger partial charge on any atom is -0.0955 e. The topological polar surface area (TPSA) is 0 Å². The standard InChI is InChI=1S/C32H38/c1-8-11-21(2)29-22(3)18-27-20-26(19-24-14-16-28(17-15-24)32(5,6)7)23(4)30(27)31(29)25-12-9-10-13-25/h9-10,12,14-19,30-31H,2,4,8,11,13,20H2,1,3,5-7H3/b26-19-. The third kappa shape index (κ3) is 4.20. The van der Waals surface area contributed by atoms with Gasteiger partial charge in [0.15, 0.2) is 0 Å². The van der Waals surface area contributed by atoms with Crippen LogP contribution in [0, 0.1) is 11.8 Å². The molecule has 0 aliphatic heterocycles. The summed E-state index contributed by atoms with van der Waals surface area (Å²) in [5.41, 5.74) is 12.7. The Morgan fingerprint density at radius 2 is 1.81 bits per heavy atom. The first-order valence-corrected chi connectivity index (χ1v) is 12.2. The molecule has 0 nitrogen and oxygen atoms in total. The average Bonchev–Trinajstić information content (AvgIpc) is 3.36. The van der Waals surface area contributed by atoms with E-state index in [1.165, 1.54) is 50.1 Å². The lowest BCUT2D eigenvalue weighted by atomic mass is 9.68. The normalized spacial score (nSPS) is 24.2. The minimum absolute atomic E-state index is 0.180. The summed E-state index contributed by atoms with van der Waals surface area (Å²) >= 11 is 0. The summed E-state index contributed by atoms with van der Waals surface area (Å²) in [6.45, 7) is 20.5. The summed E-state index contributed by atoms with van der Waals surface area (Å²) in [5.74, 6) is 0.749. The Hall–Kier alpha value is -2.60. The third-order valence-electron chi connectivity index (χ3n) is 7.30. The van der Waals surface area contributed by atoms with E-state index >= 15 is 0 Å². The highest BCUT2D eigenvalue weighted by atomic mass is 14.4. The fraction of sp³-hybridized carbons (Fsp3) is 0.375. The lowest BCUT2D eigenvalue weighted by Crippen LogP contribution is -2.24. The van der Waals surface area contributed by atoms with Gasteiger partial charge in [-0.3, -0.25) is 0 Å². The lowest BCUT2D eigenvalue weighted by molar-refractivity contribution is 0.555. The van der Waals surface area contributed by atoms with Gasteiger partial charge in [-0.2, -0.15) is 0 Å².